The topological polar surface area (TPSA) is 60.8 Å². The van der Waals surface area contributed by atoms with Gasteiger partial charge in [-0.1, -0.05) is 30.3 Å². The summed E-state index contributed by atoms with van der Waals surface area (Å²) in [6.07, 6.45) is 4.98. The first-order chi connectivity index (χ1) is 13.2. The van der Waals surface area contributed by atoms with Crippen LogP contribution in [0.1, 0.15) is 40.9 Å². The molecular weight excluding hydrogens is 483 g/mol. The van der Waals surface area contributed by atoms with Gasteiger partial charge in [-0.15, -0.1) is 35.3 Å². The van der Waals surface area contributed by atoms with Gasteiger partial charge in [-0.05, 0) is 38.2 Å². The fraction of sp³-hybridized carbons (Fsp3) is 0.524. The molecule has 1 aliphatic carbocycles. The number of aryl methyl sites for hydroxylation is 2. The SMILES string of the molecule is CCNC(=NCC(O)Cc1ccccc1)N(C)Cc1nc2c(s1)CCCC2.I. The summed E-state index contributed by atoms with van der Waals surface area (Å²) in [5.74, 6) is 0.817. The predicted octanol–water partition coefficient (Wildman–Crippen LogP) is 3.64. The molecule has 0 saturated heterocycles. The van der Waals surface area contributed by atoms with E-state index in [1.807, 2.05) is 48.7 Å². The minimum atomic E-state index is -0.485. The first-order valence-electron chi connectivity index (χ1n) is 9.84. The second-order valence-electron chi connectivity index (χ2n) is 7.08. The number of halogens is 1. The van der Waals surface area contributed by atoms with Crippen molar-refractivity contribution in [1.82, 2.24) is 15.2 Å². The van der Waals surface area contributed by atoms with Crippen molar-refractivity contribution < 1.29 is 5.11 Å². The third-order valence-corrected chi connectivity index (χ3v) is 5.87. The summed E-state index contributed by atoms with van der Waals surface area (Å²) < 4.78 is 0. The van der Waals surface area contributed by atoms with E-state index in [1.165, 1.54) is 29.8 Å². The highest BCUT2D eigenvalue weighted by molar-refractivity contribution is 14.0. The van der Waals surface area contributed by atoms with Gasteiger partial charge in [0, 0.05) is 24.9 Å². The molecule has 0 radical (unpaired) electrons. The van der Waals surface area contributed by atoms with E-state index in [0.29, 0.717) is 13.0 Å². The molecule has 0 aliphatic heterocycles. The molecule has 1 aromatic heterocycles. The van der Waals surface area contributed by atoms with Crippen LogP contribution in [0.15, 0.2) is 35.3 Å². The van der Waals surface area contributed by atoms with Crippen LogP contribution in [0.2, 0.25) is 0 Å². The molecule has 3 rings (SSSR count). The van der Waals surface area contributed by atoms with Crippen LogP contribution in [0.3, 0.4) is 0 Å². The zero-order chi connectivity index (χ0) is 19.1. The number of thiazole rings is 1. The molecule has 1 aromatic carbocycles. The maximum atomic E-state index is 10.3. The highest BCUT2D eigenvalue weighted by Crippen LogP contribution is 2.27. The minimum Gasteiger partial charge on any atom is -0.391 e. The molecule has 2 aromatic rings. The van der Waals surface area contributed by atoms with E-state index in [0.717, 1.165) is 36.0 Å². The maximum absolute atomic E-state index is 10.3. The number of aliphatic imine (C=N–C) groups is 1. The number of guanidine groups is 1. The standard InChI is InChI=1S/C21H30N4OS.HI/c1-3-22-21(23-14-17(26)13-16-9-5-4-6-10-16)25(2)15-20-24-18-11-7-8-12-19(18)27-20;/h4-6,9-10,17,26H,3,7-8,11-15H2,1-2H3,(H,22,23);1H. The third kappa shape index (κ3) is 6.70. The molecule has 0 amide bonds. The van der Waals surface area contributed by atoms with E-state index in [9.17, 15) is 5.11 Å². The lowest BCUT2D eigenvalue weighted by Gasteiger charge is -2.21. The normalized spacial score (nSPS) is 14.8. The number of hydrogen-bond donors (Lipinski definition) is 2. The van der Waals surface area contributed by atoms with Gasteiger partial charge in [-0.2, -0.15) is 0 Å². The van der Waals surface area contributed by atoms with E-state index in [4.69, 9.17) is 4.98 Å². The Labute approximate surface area is 189 Å². The van der Waals surface area contributed by atoms with Crippen molar-refractivity contribution in [3.8, 4) is 0 Å². The Hall–Kier alpha value is -1.19. The maximum Gasteiger partial charge on any atom is 0.194 e. The van der Waals surface area contributed by atoms with Crippen LogP contribution in [0.5, 0.6) is 0 Å². The molecule has 1 heterocycles. The lowest BCUT2D eigenvalue weighted by Crippen LogP contribution is -2.39. The molecule has 7 heteroatoms. The van der Waals surface area contributed by atoms with Gasteiger partial charge in [0.2, 0.25) is 0 Å². The molecule has 0 fully saturated rings. The average molecular weight is 514 g/mol. The summed E-state index contributed by atoms with van der Waals surface area (Å²) >= 11 is 1.84. The van der Waals surface area contributed by atoms with Gasteiger partial charge in [-0.3, -0.25) is 4.99 Å². The van der Waals surface area contributed by atoms with Crippen LogP contribution < -0.4 is 5.32 Å². The van der Waals surface area contributed by atoms with Crippen LogP contribution in [-0.4, -0.2) is 47.2 Å². The van der Waals surface area contributed by atoms with Gasteiger partial charge in [0.15, 0.2) is 5.96 Å². The highest BCUT2D eigenvalue weighted by atomic mass is 127. The molecule has 1 aliphatic rings. The Balaban J connectivity index is 0.00000280. The predicted molar refractivity (Wildman–Crippen MR) is 128 cm³/mol. The molecule has 1 atom stereocenters. The van der Waals surface area contributed by atoms with E-state index in [1.54, 1.807) is 0 Å². The summed E-state index contributed by atoms with van der Waals surface area (Å²) in [6, 6.07) is 10.1. The Bertz CT molecular complexity index is 727. The number of fused-ring (bicyclic) bond motifs is 1. The van der Waals surface area contributed by atoms with Crippen molar-refractivity contribution in [3.63, 3.8) is 0 Å². The molecule has 1 unspecified atom stereocenters. The van der Waals surface area contributed by atoms with Crippen molar-refractivity contribution in [2.75, 3.05) is 20.1 Å². The number of rotatable bonds is 7. The number of hydrogen-bond acceptors (Lipinski definition) is 4. The second-order valence-corrected chi connectivity index (χ2v) is 8.25. The number of aliphatic hydroxyl groups is 1. The summed E-state index contributed by atoms with van der Waals surface area (Å²) in [4.78, 5) is 13.0. The zero-order valence-corrected chi connectivity index (χ0v) is 19.9. The summed E-state index contributed by atoms with van der Waals surface area (Å²) in [7, 11) is 2.03. The summed E-state index contributed by atoms with van der Waals surface area (Å²) in [6.45, 7) is 3.99. The van der Waals surface area contributed by atoms with Crippen LogP contribution >= 0.6 is 35.3 Å². The Morgan fingerprint density at radius 2 is 2.04 bits per heavy atom. The molecule has 154 valence electrons. The van der Waals surface area contributed by atoms with E-state index >= 15 is 0 Å². The molecule has 28 heavy (non-hydrogen) atoms. The number of benzene rings is 1. The van der Waals surface area contributed by atoms with Crippen molar-refractivity contribution in [1.29, 1.82) is 0 Å². The van der Waals surface area contributed by atoms with Crippen LogP contribution in [0.25, 0.3) is 0 Å². The number of nitrogens with zero attached hydrogens (tertiary/aromatic N) is 3. The molecule has 0 spiro atoms. The van der Waals surface area contributed by atoms with Crippen molar-refractivity contribution in [3.05, 3.63) is 51.5 Å². The van der Waals surface area contributed by atoms with Crippen LogP contribution in [0.4, 0.5) is 0 Å². The smallest absolute Gasteiger partial charge is 0.194 e. The van der Waals surface area contributed by atoms with Gasteiger partial charge >= 0.3 is 0 Å². The third-order valence-electron chi connectivity index (χ3n) is 4.72. The minimum absolute atomic E-state index is 0. The molecule has 2 N–H and O–H groups in total. The highest BCUT2D eigenvalue weighted by Gasteiger charge is 2.17. The summed E-state index contributed by atoms with van der Waals surface area (Å²) in [5.41, 5.74) is 2.43. The largest absolute Gasteiger partial charge is 0.391 e. The van der Waals surface area contributed by atoms with E-state index in [-0.39, 0.29) is 24.0 Å². The fourth-order valence-corrected chi connectivity index (χ4v) is 4.57. The number of aromatic nitrogens is 1. The van der Waals surface area contributed by atoms with E-state index in [2.05, 4.69) is 22.1 Å². The Morgan fingerprint density at radius 3 is 2.75 bits per heavy atom. The molecule has 5 nitrogen and oxygen atoms in total. The second kappa shape index (κ2) is 11.7. The van der Waals surface area contributed by atoms with Gasteiger partial charge in [0.05, 0.1) is 24.9 Å². The number of nitrogens with one attached hydrogen (secondary N) is 1. The first kappa shape index (κ1) is 23.1. The lowest BCUT2D eigenvalue weighted by molar-refractivity contribution is 0.183. The fourth-order valence-electron chi connectivity index (χ4n) is 3.36. The lowest BCUT2D eigenvalue weighted by atomic mass is 10.0. The molecule has 0 saturated carbocycles. The quantitative estimate of drug-likeness (QED) is 0.337. The van der Waals surface area contributed by atoms with Crippen molar-refractivity contribution in [2.45, 2.75) is 51.7 Å². The van der Waals surface area contributed by atoms with Crippen molar-refractivity contribution >= 4 is 41.3 Å². The van der Waals surface area contributed by atoms with Gasteiger partial charge in [-0.25, -0.2) is 4.98 Å². The Morgan fingerprint density at radius 1 is 1.29 bits per heavy atom. The average Bonchev–Trinajstić information content (AvgIpc) is 3.08. The van der Waals surface area contributed by atoms with Gasteiger partial charge in [0.25, 0.3) is 0 Å². The number of aliphatic hydroxyl groups excluding tert-OH is 1. The van der Waals surface area contributed by atoms with Gasteiger partial charge in [0.1, 0.15) is 5.01 Å². The van der Waals surface area contributed by atoms with Gasteiger partial charge < -0.3 is 15.3 Å². The molecular formula is C21H31IN4OS. The van der Waals surface area contributed by atoms with Crippen LogP contribution in [0, 0.1) is 0 Å². The van der Waals surface area contributed by atoms with Crippen LogP contribution in [-0.2, 0) is 25.8 Å². The Kier molecular flexibility index (Phi) is 9.67. The molecule has 0 bridgehead atoms. The first-order valence-corrected chi connectivity index (χ1v) is 10.7. The summed E-state index contributed by atoms with van der Waals surface area (Å²) in [5, 5.41) is 14.8. The van der Waals surface area contributed by atoms with E-state index < -0.39 is 6.10 Å². The van der Waals surface area contributed by atoms with Crippen molar-refractivity contribution in [2.24, 2.45) is 4.99 Å². The monoisotopic (exact) mass is 514 g/mol. The zero-order valence-electron chi connectivity index (χ0n) is 16.7.